The third kappa shape index (κ3) is 3.29. The van der Waals surface area contributed by atoms with Crippen LogP contribution < -0.4 is 0 Å². The zero-order chi connectivity index (χ0) is 13.7. The summed E-state index contributed by atoms with van der Waals surface area (Å²) >= 11 is 0. The van der Waals surface area contributed by atoms with Gasteiger partial charge in [0.1, 0.15) is 5.82 Å². The average Bonchev–Trinajstić information content (AvgIpc) is 2.45. The lowest BCUT2D eigenvalue weighted by molar-refractivity contribution is 0.0953. The number of carbonyl (C=O) groups excluding carboxylic acids is 1. The van der Waals surface area contributed by atoms with Gasteiger partial charge in [0.2, 0.25) is 0 Å². The molecule has 0 heterocycles. The number of hydrogen-bond donors (Lipinski definition) is 0. The van der Waals surface area contributed by atoms with Crippen molar-refractivity contribution < 1.29 is 9.18 Å². The van der Waals surface area contributed by atoms with Crippen molar-refractivity contribution in [1.29, 1.82) is 0 Å². The second-order valence-corrected chi connectivity index (χ2v) is 4.20. The molecule has 2 aromatic rings. The monoisotopic (exact) mass is 252 g/mol. The molecule has 2 aromatic carbocycles. The van der Waals surface area contributed by atoms with Crippen molar-refractivity contribution in [2.24, 2.45) is 5.92 Å². The molecule has 0 spiro atoms. The number of benzene rings is 2. The first kappa shape index (κ1) is 13.0. The van der Waals surface area contributed by atoms with Gasteiger partial charge in [-0.15, -0.1) is 0 Å². The maximum absolute atomic E-state index is 13.5. The number of Topliss-reactive ketones (excluding diaryl/α,β-unsaturated/α-hetero) is 1. The van der Waals surface area contributed by atoms with Crippen LogP contribution in [-0.2, 0) is 0 Å². The Balaban J connectivity index is 2.18. The Morgan fingerprint density at radius 1 is 1.05 bits per heavy atom. The summed E-state index contributed by atoms with van der Waals surface area (Å²) in [6, 6.07) is 15.4. The van der Waals surface area contributed by atoms with E-state index in [0.717, 1.165) is 5.56 Å². The second-order valence-electron chi connectivity index (χ2n) is 4.20. The molecule has 1 unspecified atom stereocenters. The van der Waals surface area contributed by atoms with Crippen molar-refractivity contribution in [2.45, 2.75) is 6.92 Å². The Morgan fingerprint density at radius 2 is 1.68 bits per heavy atom. The van der Waals surface area contributed by atoms with E-state index in [4.69, 9.17) is 0 Å². The predicted octanol–water partition coefficient (Wildman–Crippen LogP) is 3.70. The first-order chi connectivity index (χ1) is 9.18. The summed E-state index contributed by atoms with van der Waals surface area (Å²) in [5.41, 5.74) is 0.938. The molecule has 0 aliphatic heterocycles. The fourth-order valence-corrected chi connectivity index (χ4v) is 1.67. The summed E-state index contributed by atoms with van der Waals surface area (Å²) in [6.45, 7) is 1.69. The molecule has 2 heteroatoms. The third-order valence-corrected chi connectivity index (χ3v) is 2.74. The molecule has 94 valence electrons. The Bertz CT molecular complexity index is 635. The summed E-state index contributed by atoms with van der Waals surface area (Å²) in [6.07, 6.45) is 0. The molecule has 0 saturated heterocycles. The first-order valence-electron chi connectivity index (χ1n) is 6.04. The minimum absolute atomic E-state index is 0.0948. The van der Waals surface area contributed by atoms with Gasteiger partial charge in [-0.1, -0.05) is 42.2 Å². The number of ketones is 1. The van der Waals surface area contributed by atoms with Gasteiger partial charge < -0.3 is 0 Å². The maximum Gasteiger partial charge on any atom is 0.180 e. The average molecular weight is 252 g/mol. The van der Waals surface area contributed by atoms with Gasteiger partial charge in [0.15, 0.2) is 5.78 Å². The van der Waals surface area contributed by atoms with Gasteiger partial charge in [-0.25, -0.2) is 4.39 Å². The number of hydrogen-bond acceptors (Lipinski definition) is 1. The van der Waals surface area contributed by atoms with Gasteiger partial charge in [-0.3, -0.25) is 4.79 Å². The van der Waals surface area contributed by atoms with Crippen LogP contribution in [0.15, 0.2) is 54.6 Å². The van der Waals surface area contributed by atoms with Crippen LogP contribution in [0.5, 0.6) is 0 Å². The van der Waals surface area contributed by atoms with Crippen LogP contribution in [0.1, 0.15) is 22.8 Å². The van der Waals surface area contributed by atoms with Crippen molar-refractivity contribution >= 4 is 5.78 Å². The Morgan fingerprint density at radius 3 is 2.37 bits per heavy atom. The van der Waals surface area contributed by atoms with Crippen LogP contribution in [-0.4, -0.2) is 5.78 Å². The van der Waals surface area contributed by atoms with Crippen LogP contribution >= 0.6 is 0 Å². The summed E-state index contributed by atoms with van der Waals surface area (Å²) in [5, 5.41) is 0. The number of halogens is 1. The minimum Gasteiger partial charge on any atom is -0.293 e. The fraction of sp³-hybridized carbons (Fsp3) is 0.118. The molecule has 0 bridgehead atoms. The highest BCUT2D eigenvalue weighted by Gasteiger charge is 2.16. The summed E-state index contributed by atoms with van der Waals surface area (Å²) in [7, 11) is 0. The molecule has 19 heavy (non-hydrogen) atoms. The molecular formula is C17H13FO. The summed E-state index contributed by atoms with van der Waals surface area (Å²) in [4.78, 5) is 12.0. The molecule has 0 radical (unpaired) electrons. The van der Waals surface area contributed by atoms with Crippen LogP contribution in [0, 0.1) is 23.6 Å². The molecule has 1 nitrogen and oxygen atoms in total. The van der Waals surface area contributed by atoms with E-state index in [-0.39, 0.29) is 11.3 Å². The van der Waals surface area contributed by atoms with E-state index in [9.17, 15) is 9.18 Å². The molecule has 0 N–H and O–H groups in total. The van der Waals surface area contributed by atoms with Crippen LogP contribution in [0.3, 0.4) is 0 Å². The van der Waals surface area contributed by atoms with Crippen LogP contribution in [0.4, 0.5) is 4.39 Å². The van der Waals surface area contributed by atoms with Gasteiger partial charge in [0.25, 0.3) is 0 Å². The molecule has 0 saturated carbocycles. The SMILES string of the molecule is CC(C#Cc1ccccc1)C(=O)c1ccccc1F. The molecule has 0 aliphatic rings. The summed E-state index contributed by atoms with van der Waals surface area (Å²) < 4.78 is 13.5. The van der Waals surface area contributed by atoms with E-state index < -0.39 is 11.7 Å². The third-order valence-electron chi connectivity index (χ3n) is 2.74. The molecular weight excluding hydrogens is 239 g/mol. The summed E-state index contributed by atoms with van der Waals surface area (Å²) in [5.74, 6) is 4.46. The largest absolute Gasteiger partial charge is 0.293 e. The van der Waals surface area contributed by atoms with Crippen molar-refractivity contribution in [3.05, 3.63) is 71.5 Å². The van der Waals surface area contributed by atoms with Crippen molar-refractivity contribution in [1.82, 2.24) is 0 Å². The van der Waals surface area contributed by atoms with Gasteiger partial charge in [0.05, 0.1) is 11.5 Å². The number of carbonyl (C=O) groups is 1. The lowest BCUT2D eigenvalue weighted by atomic mass is 9.99. The van der Waals surface area contributed by atoms with Crippen LogP contribution in [0.2, 0.25) is 0 Å². The fourth-order valence-electron chi connectivity index (χ4n) is 1.67. The van der Waals surface area contributed by atoms with E-state index in [1.807, 2.05) is 30.3 Å². The zero-order valence-electron chi connectivity index (χ0n) is 10.6. The van der Waals surface area contributed by atoms with E-state index >= 15 is 0 Å². The zero-order valence-corrected chi connectivity index (χ0v) is 10.6. The normalized spacial score (nSPS) is 11.3. The topological polar surface area (TPSA) is 17.1 Å². The van der Waals surface area contributed by atoms with E-state index in [1.165, 1.54) is 12.1 Å². The van der Waals surface area contributed by atoms with Gasteiger partial charge in [-0.05, 0) is 31.2 Å². The predicted molar refractivity (Wildman–Crippen MR) is 73.2 cm³/mol. The molecule has 2 rings (SSSR count). The molecule has 0 fully saturated rings. The highest BCUT2D eigenvalue weighted by molar-refractivity contribution is 5.99. The molecule has 0 aliphatic carbocycles. The standard InChI is InChI=1S/C17H13FO/c1-13(11-12-14-7-3-2-4-8-14)17(19)15-9-5-6-10-16(15)18/h2-10,13H,1H3. The van der Waals surface area contributed by atoms with Crippen molar-refractivity contribution in [2.75, 3.05) is 0 Å². The van der Waals surface area contributed by atoms with Crippen molar-refractivity contribution in [3.63, 3.8) is 0 Å². The van der Waals surface area contributed by atoms with E-state index in [0.29, 0.717) is 0 Å². The Kier molecular flexibility index (Phi) is 4.10. The molecule has 1 atom stereocenters. The number of rotatable bonds is 2. The van der Waals surface area contributed by atoms with E-state index in [2.05, 4.69) is 11.8 Å². The quantitative estimate of drug-likeness (QED) is 0.588. The van der Waals surface area contributed by atoms with Gasteiger partial charge >= 0.3 is 0 Å². The lowest BCUT2D eigenvalue weighted by Gasteiger charge is -2.04. The Hall–Kier alpha value is -2.40. The van der Waals surface area contributed by atoms with E-state index in [1.54, 1.807) is 19.1 Å². The van der Waals surface area contributed by atoms with Gasteiger partial charge in [0, 0.05) is 5.56 Å². The smallest absolute Gasteiger partial charge is 0.180 e. The van der Waals surface area contributed by atoms with Gasteiger partial charge in [-0.2, -0.15) is 0 Å². The Labute approximate surface area is 112 Å². The minimum atomic E-state index is -0.530. The molecule has 0 aromatic heterocycles. The van der Waals surface area contributed by atoms with Crippen LogP contribution in [0.25, 0.3) is 0 Å². The maximum atomic E-state index is 13.5. The lowest BCUT2D eigenvalue weighted by Crippen LogP contribution is -2.11. The van der Waals surface area contributed by atoms with Crippen molar-refractivity contribution in [3.8, 4) is 11.8 Å². The highest BCUT2D eigenvalue weighted by atomic mass is 19.1. The molecule has 0 amide bonds. The second kappa shape index (κ2) is 5.97. The first-order valence-corrected chi connectivity index (χ1v) is 6.04. The highest BCUT2D eigenvalue weighted by Crippen LogP contribution is 2.12.